The first-order valence-corrected chi connectivity index (χ1v) is 9.50. The minimum absolute atomic E-state index is 0.00998. The van der Waals surface area contributed by atoms with Gasteiger partial charge < -0.3 is 9.88 Å². The normalized spacial score (nSPS) is 15.2. The first kappa shape index (κ1) is 16.1. The Morgan fingerprint density at radius 2 is 2.08 bits per heavy atom. The maximum Gasteiger partial charge on any atom is 0.230 e. The lowest BCUT2D eigenvalue weighted by atomic mass is 10.00. The minimum atomic E-state index is -0.0412. The number of nitrogens with one attached hydrogen (secondary N) is 1. The number of thioether (sulfide) groups is 1. The number of nitrogens with zero attached hydrogens (tertiary/aromatic N) is 3. The molecule has 3 aromatic rings. The van der Waals surface area contributed by atoms with E-state index in [1.54, 1.807) is 6.33 Å². The third-order valence-electron chi connectivity index (χ3n) is 4.48. The fraction of sp³-hybridized carbons (Fsp3) is 0.316. The average Bonchev–Trinajstić information content (AvgIpc) is 3.37. The van der Waals surface area contributed by atoms with E-state index in [0.29, 0.717) is 11.8 Å². The lowest BCUT2D eigenvalue weighted by Crippen LogP contribution is -2.28. The second-order valence-electron chi connectivity index (χ2n) is 6.40. The molecule has 0 radical (unpaired) electrons. The molecule has 1 atom stereocenters. The lowest BCUT2D eigenvalue weighted by Gasteiger charge is -2.16. The predicted octanol–water partition coefficient (Wildman–Crippen LogP) is 3.74. The molecule has 4 rings (SSSR count). The molecule has 0 unspecified atom stereocenters. The van der Waals surface area contributed by atoms with Crippen molar-refractivity contribution >= 4 is 28.4 Å². The van der Waals surface area contributed by atoms with Gasteiger partial charge in [0.05, 0.1) is 11.8 Å². The van der Waals surface area contributed by atoms with Crippen LogP contribution in [0, 0.1) is 0 Å². The summed E-state index contributed by atoms with van der Waals surface area (Å²) in [5.74, 6) is 0.358. The van der Waals surface area contributed by atoms with Crippen LogP contribution in [0.1, 0.15) is 37.4 Å². The molecule has 1 heterocycles. The molecule has 6 heteroatoms. The van der Waals surface area contributed by atoms with Crippen LogP contribution >= 0.6 is 11.8 Å². The maximum atomic E-state index is 12.4. The van der Waals surface area contributed by atoms with Crippen molar-refractivity contribution in [1.82, 2.24) is 20.1 Å². The van der Waals surface area contributed by atoms with E-state index in [9.17, 15) is 4.79 Å². The zero-order valence-electron chi connectivity index (χ0n) is 14.1. The fourth-order valence-electron chi connectivity index (χ4n) is 3.06. The summed E-state index contributed by atoms with van der Waals surface area (Å²) in [4.78, 5) is 12.4. The minimum Gasteiger partial charge on any atom is -0.349 e. The van der Waals surface area contributed by atoms with E-state index in [2.05, 4.69) is 44.3 Å². The summed E-state index contributed by atoms with van der Waals surface area (Å²) >= 11 is 1.45. The largest absolute Gasteiger partial charge is 0.349 e. The molecule has 0 bridgehead atoms. The van der Waals surface area contributed by atoms with Crippen molar-refractivity contribution in [3.8, 4) is 0 Å². The van der Waals surface area contributed by atoms with Crippen molar-refractivity contribution in [2.24, 2.45) is 0 Å². The molecule has 128 valence electrons. The van der Waals surface area contributed by atoms with Gasteiger partial charge in [0.2, 0.25) is 5.91 Å². The zero-order valence-corrected chi connectivity index (χ0v) is 14.9. The molecular formula is C19H20N4OS. The van der Waals surface area contributed by atoms with Gasteiger partial charge in [0.25, 0.3) is 0 Å². The van der Waals surface area contributed by atoms with E-state index < -0.39 is 0 Å². The number of carbonyl (C=O) groups excluding carboxylic acids is 1. The summed E-state index contributed by atoms with van der Waals surface area (Å²) in [5.41, 5.74) is 1.14. The molecular weight excluding hydrogens is 332 g/mol. The fourth-order valence-corrected chi connectivity index (χ4v) is 3.85. The van der Waals surface area contributed by atoms with Gasteiger partial charge in [-0.1, -0.05) is 54.2 Å². The molecule has 0 spiro atoms. The molecule has 1 aromatic heterocycles. The molecule has 0 saturated heterocycles. The third kappa shape index (κ3) is 3.54. The van der Waals surface area contributed by atoms with Gasteiger partial charge in [-0.05, 0) is 36.1 Å². The molecule has 1 aliphatic rings. The van der Waals surface area contributed by atoms with Crippen LogP contribution in [-0.4, -0.2) is 26.4 Å². The number of fused-ring (bicyclic) bond motifs is 1. The Balaban J connectivity index is 1.40. The smallest absolute Gasteiger partial charge is 0.230 e. The Kier molecular flexibility index (Phi) is 4.44. The highest BCUT2D eigenvalue weighted by Gasteiger charge is 2.26. The number of amides is 1. The Labute approximate surface area is 150 Å². The molecule has 1 N–H and O–H groups in total. The lowest BCUT2D eigenvalue weighted by molar-refractivity contribution is -0.119. The van der Waals surface area contributed by atoms with Crippen molar-refractivity contribution < 1.29 is 4.79 Å². The highest BCUT2D eigenvalue weighted by Crippen LogP contribution is 2.37. The van der Waals surface area contributed by atoms with Crippen LogP contribution in [0.5, 0.6) is 0 Å². The van der Waals surface area contributed by atoms with Gasteiger partial charge in [-0.15, -0.1) is 10.2 Å². The highest BCUT2D eigenvalue weighted by molar-refractivity contribution is 7.99. The van der Waals surface area contributed by atoms with Crippen molar-refractivity contribution in [1.29, 1.82) is 0 Å². The van der Waals surface area contributed by atoms with E-state index in [0.717, 1.165) is 10.7 Å². The van der Waals surface area contributed by atoms with E-state index in [4.69, 9.17) is 0 Å². The monoisotopic (exact) mass is 352 g/mol. The van der Waals surface area contributed by atoms with Crippen LogP contribution in [0.3, 0.4) is 0 Å². The molecule has 1 amide bonds. The summed E-state index contributed by atoms with van der Waals surface area (Å²) in [5, 5.41) is 14.4. The van der Waals surface area contributed by atoms with Crippen LogP contribution in [0.2, 0.25) is 0 Å². The van der Waals surface area contributed by atoms with Crippen molar-refractivity contribution in [3.05, 3.63) is 54.4 Å². The van der Waals surface area contributed by atoms with Crippen LogP contribution in [0.25, 0.3) is 10.8 Å². The van der Waals surface area contributed by atoms with Gasteiger partial charge >= 0.3 is 0 Å². The van der Waals surface area contributed by atoms with Gasteiger partial charge in [0.15, 0.2) is 5.16 Å². The molecule has 1 saturated carbocycles. The van der Waals surface area contributed by atoms with Crippen LogP contribution in [-0.2, 0) is 4.79 Å². The molecule has 1 fully saturated rings. The summed E-state index contributed by atoms with van der Waals surface area (Å²) < 4.78 is 2.08. The van der Waals surface area contributed by atoms with Crippen LogP contribution in [0.4, 0.5) is 0 Å². The van der Waals surface area contributed by atoms with Gasteiger partial charge in [0.1, 0.15) is 6.33 Å². The van der Waals surface area contributed by atoms with E-state index in [-0.39, 0.29) is 11.9 Å². The number of rotatable bonds is 6. The van der Waals surface area contributed by atoms with Gasteiger partial charge in [-0.3, -0.25) is 4.79 Å². The van der Waals surface area contributed by atoms with Crippen LogP contribution in [0.15, 0.2) is 53.9 Å². The topological polar surface area (TPSA) is 59.8 Å². The summed E-state index contributed by atoms with van der Waals surface area (Å²) in [6.07, 6.45) is 4.11. The predicted molar refractivity (Wildman–Crippen MR) is 99.5 cm³/mol. The number of hydrogen-bond donors (Lipinski definition) is 1. The van der Waals surface area contributed by atoms with Gasteiger partial charge in [0, 0.05) is 6.04 Å². The van der Waals surface area contributed by atoms with Crippen molar-refractivity contribution in [3.63, 3.8) is 0 Å². The molecule has 1 aliphatic carbocycles. The third-order valence-corrected chi connectivity index (χ3v) is 5.44. The second kappa shape index (κ2) is 6.88. The highest BCUT2D eigenvalue weighted by atomic mass is 32.2. The first-order chi connectivity index (χ1) is 12.2. The van der Waals surface area contributed by atoms with E-state index in [1.165, 1.54) is 35.4 Å². The molecule has 2 aromatic carbocycles. The Bertz CT molecular complexity index is 898. The zero-order chi connectivity index (χ0) is 17.2. The Morgan fingerprint density at radius 1 is 1.28 bits per heavy atom. The first-order valence-electron chi connectivity index (χ1n) is 8.51. The van der Waals surface area contributed by atoms with E-state index >= 15 is 0 Å². The average molecular weight is 352 g/mol. The second-order valence-corrected chi connectivity index (χ2v) is 7.34. The SMILES string of the molecule is C[C@@H](NC(=O)CSc1nncn1C1CC1)c1cccc2ccccc12. The molecule has 0 aliphatic heterocycles. The summed E-state index contributed by atoms with van der Waals surface area (Å²) in [7, 11) is 0. The number of benzene rings is 2. The summed E-state index contributed by atoms with van der Waals surface area (Å²) in [6.45, 7) is 2.02. The van der Waals surface area contributed by atoms with E-state index in [1.807, 2.05) is 25.1 Å². The number of aromatic nitrogens is 3. The van der Waals surface area contributed by atoms with Crippen molar-refractivity contribution in [2.45, 2.75) is 37.0 Å². The van der Waals surface area contributed by atoms with Crippen molar-refractivity contribution in [2.75, 3.05) is 5.75 Å². The Morgan fingerprint density at radius 3 is 2.92 bits per heavy atom. The number of hydrogen-bond acceptors (Lipinski definition) is 4. The van der Waals surface area contributed by atoms with Gasteiger partial charge in [-0.2, -0.15) is 0 Å². The van der Waals surface area contributed by atoms with Crippen LogP contribution < -0.4 is 5.32 Å². The maximum absolute atomic E-state index is 12.4. The van der Waals surface area contributed by atoms with Gasteiger partial charge in [-0.25, -0.2) is 0 Å². The quantitative estimate of drug-likeness (QED) is 0.687. The molecule has 25 heavy (non-hydrogen) atoms. The number of carbonyl (C=O) groups is 1. The summed E-state index contributed by atoms with van der Waals surface area (Å²) in [6, 6.07) is 14.9. The Hall–Kier alpha value is -2.34. The molecule has 5 nitrogen and oxygen atoms in total. The standard InChI is InChI=1S/C19H20N4OS/c1-13(16-8-4-6-14-5-2-3-7-17(14)16)21-18(24)11-25-19-22-20-12-23(19)15-9-10-15/h2-8,12-13,15H,9-11H2,1H3,(H,21,24)/t13-/m1/s1.